The molecule has 3 nitrogen and oxygen atoms in total. The van der Waals surface area contributed by atoms with Gasteiger partial charge in [-0.25, -0.2) is 0 Å². The predicted molar refractivity (Wildman–Crippen MR) is 307 cm³/mol. The topological polar surface area (TPSA) is 35.0 Å². The fourth-order valence-electron chi connectivity index (χ4n) is 12.5. The summed E-state index contributed by atoms with van der Waals surface area (Å²) >= 11 is 0. The maximum absolute atomic E-state index is 7.86. The van der Waals surface area contributed by atoms with Gasteiger partial charge in [-0.1, -0.05) is 268 Å². The monoisotopic (exact) mass is 965 g/mol. The summed E-state index contributed by atoms with van der Waals surface area (Å²) < 4.78 is 7.86. The van der Waals surface area contributed by atoms with E-state index < -0.39 is 0 Å². The fraction of sp³-hybridized carbons (Fsp3) is 0.676. The van der Waals surface area contributed by atoms with Crippen molar-refractivity contribution < 1.29 is 4.74 Å². The van der Waals surface area contributed by atoms with Crippen molar-refractivity contribution in [2.24, 2.45) is 23.7 Å². The van der Waals surface area contributed by atoms with Crippen LogP contribution in [-0.2, 0) is 17.6 Å². The minimum atomic E-state index is 0.0818. The molecule has 4 aromatic rings. The average Bonchev–Trinajstić information content (AvgIpc) is 3.42. The molecule has 71 heavy (non-hydrogen) atoms. The van der Waals surface area contributed by atoms with E-state index in [0.29, 0.717) is 11.8 Å². The molecule has 2 saturated carbocycles. The van der Waals surface area contributed by atoms with Crippen molar-refractivity contribution in [3.05, 3.63) is 107 Å². The molecule has 0 bridgehead atoms. The van der Waals surface area contributed by atoms with Crippen LogP contribution >= 0.6 is 0 Å². The largest absolute Gasteiger partial charge is 0.365 e. The Hall–Kier alpha value is -3.30. The molecule has 6 rings (SSSR count). The van der Waals surface area contributed by atoms with E-state index in [1.54, 1.807) is 0 Å². The zero-order valence-electron chi connectivity index (χ0n) is 46.3. The van der Waals surface area contributed by atoms with Crippen LogP contribution in [0.3, 0.4) is 0 Å². The van der Waals surface area contributed by atoms with E-state index in [9.17, 15) is 0 Å². The Kier molecular flexibility index (Phi) is 27.5. The lowest BCUT2D eigenvalue weighted by Crippen LogP contribution is -2.28. The maximum atomic E-state index is 7.86. The molecular formula is C68H104N2O. The molecule has 2 fully saturated rings. The number of rotatable bonds is 36. The molecule has 0 radical (unpaired) electrons. The summed E-state index contributed by atoms with van der Waals surface area (Å²) in [7, 11) is 0. The summed E-state index contributed by atoms with van der Waals surface area (Å²) in [5.74, 6) is 2.82. The highest BCUT2D eigenvalue weighted by molar-refractivity contribution is 5.60. The van der Waals surface area contributed by atoms with E-state index in [4.69, 9.17) is 14.7 Å². The fourth-order valence-corrected chi connectivity index (χ4v) is 12.5. The molecule has 0 spiro atoms. The minimum Gasteiger partial charge on any atom is -0.365 e. The van der Waals surface area contributed by atoms with E-state index in [0.717, 1.165) is 36.1 Å². The Bertz CT molecular complexity index is 1760. The second-order valence-electron chi connectivity index (χ2n) is 23.0. The maximum Gasteiger partial charge on any atom is 0.0861 e. The molecule has 2 unspecified atom stereocenters. The van der Waals surface area contributed by atoms with Gasteiger partial charge in [0.2, 0.25) is 0 Å². The van der Waals surface area contributed by atoms with Crippen LogP contribution in [0.15, 0.2) is 85.2 Å². The number of ether oxygens (including phenoxy) is 1. The van der Waals surface area contributed by atoms with Gasteiger partial charge in [0.1, 0.15) is 0 Å². The molecule has 2 aliphatic carbocycles. The van der Waals surface area contributed by atoms with Gasteiger partial charge < -0.3 is 4.74 Å². The first-order chi connectivity index (χ1) is 35.1. The Morgan fingerprint density at radius 2 is 0.690 bits per heavy atom. The highest BCUT2D eigenvalue weighted by Gasteiger charge is 2.36. The van der Waals surface area contributed by atoms with E-state index in [-0.39, 0.29) is 12.2 Å². The number of hydrogen-bond acceptors (Lipinski definition) is 3. The highest BCUT2D eigenvalue weighted by atomic mass is 16.5. The molecule has 0 aliphatic heterocycles. The van der Waals surface area contributed by atoms with Gasteiger partial charge in [-0.3, -0.25) is 9.97 Å². The van der Waals surface area contributed by atoms with Gasteiger partial charge in [0.15, 0.2) is 0 Å². The van der Waals surface area contributed by atoms with Crippen molar-refractivity contribution in [2.75, 3.05) is 0 Å². The molecule has 2 atom stereocenters. The zero-order valence-corrected chi connectivity index (χ0v) is 46.3. The van der Waals surface area contributed by atoms with Crippen LogP contribution in [0.4, 0.5) is 0 Å². The number of aryl methyl sites for hydroxylation is 2. The molecule has 0 amide bonds. The summed E-state index contributed by atoms with van der Waals surface area (Å²) in [6, 6.07) is 28.2. The third-order valence-corrected chi connectivity index (χ3v) is 17.2. The summed E-state index contributed by atoms with van der Waals surface area (Å²) in [6.45, 7) is 9.25. The second-order valence-corrected chi connectivity index (χ2v) is 23.0. The van der Waals surface area contributed by atoms with Gasteiger partial charge >= 0.3 is 0 Å². The molecular weight excluding hydrogens is 861 g/mol. The number of benzene rings is 2. The molecule has 2 aromatic carbocycles. The van der Waals surface area contributed by atoms with E-state index in [1.807, 2.05) is 0 Å². The van der Waals surface area contributed by atoms with Crippen LogP contribution in [0, 0.1) is 23.7 Å². The van der Waals surface area contributed by atoms with E-state index >= 15 is 0 Å². The van der Waals surface area contributed by atoms with Crippen LogP contribution in [0.1, 0.15) is 280 Å². The molecule has 2 aromatic heterocycles. The Morgan fingerprint density at radius 3 is 1.01 bits per heavy atom. The first-order valence-corrected chi connectivity index (χ1v) is 30.8. The Balaban J connectivity index is 1.18. The third kappa shape index (κ3) is 20.5. The Labute approximate surface area is 437 Å². The van der Waals surface area contributed by atoms with Gasteiger partial charge in [-0.05, 0) is 109 Å². The van der Waals surface area contributed by atoms with Crippen LogP contribution < -0.4 is 0 Å². The number of aromatic nitrogens is 2. The van der Waals surface area contributed by atoms with E-state index in [2.05, 4.69) is 113 Å². The molecule has 2 heterocycles. The van der Waals surface area contributed by atoms with Crippen LogP contribution in [0.2, 0.25) is 0 Å². The highest BCUT2D eigenvalue weighted by Crippen LogP contribution is 2.48. The molecule has 0 N–H and O–H groups in total. The summed E-state index contributed by atoms with van der Waals surface area (Å²) in [5, 5.41) is 0. The lowest BCUT2D eigenvalue weighted by Gasteiger charge is -2.40. The average molecular weight is 966 g/mol. The SMILES string of the molecule is CCCCCCCCCc1ccc(-c2ccc(C(OC(c3ccc(-c4ccc(CCCCCCCCC)cn4)cc3)C3CCC(CCCCCCC)CC3)C3CCC(CCCCCCC)CC3)cc2)nc1. The van der Waals surface area contributed by atoms with Crippen molar-refractivity contribution in [1.82, 2.24) is 9.97 Å². The predicted octanol–water partition coefficient (Wildman–Crippen LogP) is 21.5. The van der Waals surface area contributed by atoms with Crippen molar-refractivity contribution in [3.63, 3.8) is 0 Å². The van der Waals surface area contributed by atoms with Gasteiger partial charge in [0.05, 0.1) is 23.6 Å². The van der Waals surface area contributed by atoms with Gasteiger partial charge in [-0.2, -0.15) is 0 Å². The third-order valence-electron chi connectivity index (χ3n) is 17.2. The summed E-state index contributed by atoms with van der Waals surface area (Å²) in [6.07, 6.45) is 52.7. The second kappa shape index (κ2) is 34.2. The summed E-state index contributed by atoms with van der Waals surface area (Å²) in [4.78, 5) is 10.0. The number of pyridine rings is 2. The standard InChI is InChI=1S/C68H104N2O/c1-5-9-13-17-19-23-27-31-57-37-51-65(69-53-57)59-43-47-63(48-44-59)67(61-39-33-55(34-40-61)29-25-21-15-11-7-3)71-68(62-41-35-56(36-42-62)30-26-22-16-12-8-4)64-49-45-60(46-50-64)66-52-38-58(54-70-66)32-28-24-20-18-14-10-6-2/h37-38,43-56,61-62,67-68H,5-36,39-42H2,1-4H3. The molecule has 0 saturated heterocycles. The van der Waals surface area contributed by atoms with Crippen LogP contribution in [-0.4, -0.2) is 9.97 Å². The zero-order chi connectivity index (χ0) is 49.6. The number of hydrogen-bond donors (Lipinski definition) is 0. The summed E-state index contributed by atoms with van der Waals surface area (Å²) in [5.41, 5.74) is 10.0. The van der Waals surface area contributed by atoms with Crippen molar-refractivity contribution in [3.8, 4) is 22.5 Å². The quantitative estimate of drug-likeness (QED) is 0.0426. The Morgan fingerprint density at radius 1 is 0.366 bits per heavy atom. The number of nitrogens with zero attached hydrogens (tertiary/aromatic N) is 2. The molecule has 3 heteroatoms. The number of unbranched alkanes of at least 4 members (excludes halogenated alkanes) is 20. The smallest absolute Gasteiger partial charge is 0.0861 e. The van der Waals surface area contributed by atoms with Crippen molar-refractivity contribution in [1.29, 1.82) is 0 Å². The van der Waals surface area contributed by atoms with Gasteiger partial charge in [0, 0.05) is 23.5 Å². The van der Waals surface area contributed by atoms with Crippen molar-refractivity contribution in [2.45, 2.75) is 271 Å². The lowest BCUT2D eigenvalue weighted by molar-refractivity contribution is -0.0907. The van der Waals surface area contributed by atoms with Crippen molar-refractivity contribution >= 4 is 0 Å². The van der Waals surface area contributed by atoms with Crippen LogP contribution in [0.25, 0.3) is 22.5 Å². The van der Waals surface area contributed by atoms with E-state index in [1.165, 1.54) is 252 Å². The minimum absolute atomic E-state index is 0.0818. The van der Waals surface area contributed by atoms with Gasteiger partial charge in [0.25, 0.3) is 0 Å². The molecule has 2 aliphatic rings. The van der Waals surface area contributed by atoms with Gasteiger partial charge in [-0.15, -0.1) is 0 Å². The molecule has 392 valence electrons. The normalized spacial score (nSPS) is 19.2. The van der Waals surface area contributed by atoms with Crippen LogP contribution in [0.5, 0.6) is 0 Å². The lowest BCUT2D eigenvalue weighted by atomic mass is 9.74. The first kappa shape index (κ1) is 57.0. The first-order valence-electron chi connectivity index (χ1n) is 30.8.